The molecular weight excluding hydrogens is 226 g/mol. The summed E-state index contributed by atoms with van der Waals surface area (Å²) in [6.07, 6.45) is 0. The van der Waals surface area contributed by atoms with E-state index < -0.39 is 11.6 Å². The lowest BCUT2D eigenvalue weighted by atomic mass is 10.1. The highest BCUT2D eigenvalue weighted by atomic mass is 19.2. The molecule has 0 saturated carbocycles. The monoisotopic (exact) mass is 238 g/mol. The lowest BCUT2D eigenvalue weighted by Crippen LogP contribution is -2.03. The first kappa shape index (κ1) is 11.5. The third-order valence-electron chi connectivity index (χ3n) is 2.59. The number of nitrogens with zero attached hydrogens (tertiary/aromatic N) is 3. The molecule has 1 heterocycles. The topological polar surface area (TPSA) is 56.7 Å². The van der Waals surface area contributed by atoms with Crippen LogP contribution in [0.15, 0.2) is 12.1 Å². The highest BCUT2D eigenvalue weighted by molar-refractivity contribution is 5.71. The summed E-state index contributed by atoms with van der Waals surface area (Å²) >= 11 is 0. The number of rotatable bonds is 2. The Morgan fingerprint density at radius 2 is 1.88 bits per heavy atom. The summed E-state index contributed by atoms with van der Waals surface area (Å²) in [6, 6.07) is 1.99. The molecule has 2 rings (SSSR count). The normalized spacial score (nSPS) is 10.8. The van der Waals surface area contributed by atoms with Crippen LogP contribution in [0.4, 0.5) is 14.5 Å². The van der Waals surface area contributed by atoms with E-state index in [-0.39, 0.29) is 5.69 Å². The van der Waals surface area contributed by atoms with Crippen LogP contribution < -0.4 is 5.73 Å². The maximum atomic E-state index is 13.2. The smallest absolute Gasteiger partial charge is 0.166 e. The third-order valence-corrected chi connectivity index (χ3v) is 2.59. The van der Waals surface area contributed by atoms with Crippen molar-refractivity contribution in [3.8, 4) is 11.4 Å². The fourth-order valence-corrected chi connectivity index (χ4v) is 1.71. The Hall–Kier alpha value is -1.98. The summed E-state index contributed by atoms with van der Waals surface area (Å²) in [5.74, 6) is -0.768. The largest absolute Gasteiger partial charge is 0.398 e. The minimum Gasteiger partial charge on any atom is -0.398 e. The second-order valence-corrected chi connectivity index (χ2v) is 3.67. The van der Waals surface area contributed by atoms with Crippen LogP contribution in [-0.4, -0.2) is 14.8 Å². The maximum Gasteiger partial charge on any atom is 0.166 e. The molecule has 0 unspecified atom stereocenters. The minimum absolute atomic E-state index is 0.144. The van der Waals surface area contributed by atoms with Gasteiger partial charge in [0, 0.05) is 23.9 Å². The van der Waals surface area contributed by atoms with Crippen LogP contribution >= 0.6 is 0 Å². The molecule has 0 spiro atoms. The fourth-order valence-electron chi connectivity index (χ4n) is 1.71. The van der Waals surface area contributed by atoms with Gasteiger partial charge >= 0.3 is 0 Å². The molecule has 0 radical (unpaired) electrons. The predicted octanol–water partition coefficient (Wildman–Crippen LogP) is 2.13. The lowest BCUT2D eigenvalue weighted by molar-refractivity contribution is 0.509. The summed E-state index contributed by atoms with van der Waals surface area (Å²) in [6.45, 7) is 4.33. The van der Waals surface area contributed by atoms with Crippen LogP contribution in [0.3, 0.4) is 0 Å². The van der Waals surface area contributed by atoms with Crippen LogP contribution in [0.5, 0.6) is 0 Å². The van der Waals surface area contributed by atoms with Crippen molar-refractivity contribution in [2.45, 2.75) is 20.4 Å². The van der Waals surface area contributed by atoms with Gasteiger partial charge in [0.05, 0.1) is 0 Å². The number of anilines is 1. The summed E-state index contributed by atoms with van der Waals surface area (Å²) in [4.78, 5) is 0. The van der Waals surface area contributed by atoms with Gasteiger partial charge in [0.1, 0.15) is 5.82 Å². The standard InChI is InChI=1S/C11H12F2N4/c1-3-17-6(2)15-16-11(17)7-4-8(12)9(13)5-10(7)14/h4-5H,3,14H2,1-2H3. The van der Waals surface area contributed by atoms with Gasteiger partial charge in [-0.1, -0.05) is 0 Å². The Balaban J connectivity index is 2.64. The number of hydrogen-bond donors (Lipinski definition) is 1. The summed E-state index contributed by atoms with van der Waals surface area (Å²) in [5.41, 5.74) is 6.16. The molecule has 6 heteroatoms. The molecule has 0 atom stereocenters. The minimum atomic E-state index is -0.967. The highest BCUT2D eigenvalue weighted by Gasteiger charge is 2.15. The van der Waals surface area contributed by atoms with Gasteiger partial charge in [-0.15, -0.1) is 10.2 Å². The Labute approximate surface area is 97.1 Å². The van der Waals surface area contributed by atoms with Crippen LogP contribution in [-0.2, 0) is 6.54 Å². The molecule has 1 aromatic heterocycles. The molecule has 4 nitrogen and oxygen atoms in total. The van der Waals surface area contributed by atoms with E-state index in [9.17, 15) is 8.78 Å². The number of nitrogens with two attached hydrogens (primary N) is 1. The van der Waals surface area contributed by atoms with Crippen molar-refractivity contribution in [1.82, 2.24) is 14.8 Å². The zero-order valence-corrected chi connectivity index (χ0v) is 9.54. The van der Waals surface area contributed by atoms with Crippen molar-refractivity contribution in [1.29, 1.82) is 0 Å². The number of hydrogen-bond acceptors (Lipinski definition) is 3. The lowest BCUT2D eigenvalue weighted by Gasteiger charge is -2.08. The average Bonchev–Trinajstić information content (AvgIpc) is 2.64. The molecule has 0 bridgehead atoms. The fraction of sp³-hybridized carbons (Fsp3) is 0.273. The summed E-state index contributed by atoms with van der Waals surface area (Å²) in [5, 5.41) is 7.83. The van der Waals surface area contributed by atoms with Gasteiger partial charge in [0.25, 0.3) is 0 Å². The van der Waals surface area contributed by atoms with Crippen LogP contribution in [0.2, 0.25) is 0 Å². The first-order valence-electron chi connectivity index (χ1n) is 5.19. The molecule has 1 aromatic carbocycles. The highest BCUT2D eigenvalue weighted by Crippen LogP contribution is 2.27. The number of nitrogen functional groups attached to an aromatic ring is 1. The van der Waals surface area contributed by atoms with E-state index in [1.807, 2.05) is 6.92 Å². The Morgan fingerprint density at radius 3 is 2.53 bits per heavy atom. The molecule has 90 valence electrons. The van der Waals surface area contributed by atoms with Gasteiger partial charge in [0.2, 0.25) is 0 Å². The van der Waals surface area contributed by atoms with E-state index in [2.05, 4.69) is 10.2 Å². The van der Waals surface area contributed by atoms with Crippen molar-refractivity contribution >= 4 is 5.69 Å². The average molecular weight is 238 g/mol. The second kappa shape index (κ2) is 4.12. The Morgan fingerprint density at radius 1 is 1.24 bits per heavy atom. The zero-order chi connectivity index (χ0) is 12.6. The molecule has 2 aromatic rings. The Bertz CT molecular complexity index is 563. The molecule has 0 aliphatic carbocycles. The molecular formula is C11H12F2N4. The van der Waals surface area contributed by atoms with Gasteiger partial charge in [-0.25, -0.2) is 8.78 Å². The van der Waals surface area contributed by atoms with E-state index >= 15 is 0 Å². The molecule has 2 N–H and O–H groups in total. The number of benzene rings is 1. The van der Waals surface area contributed by atoms with Gasteiger partial charge in [-0.05, 0) is 19.9 Å². The molecule has 17 heavy (non-hydrogen) atoms. The molecule has 0 fully saturated rings. The summed E-state index contributed by atoms with van der Waals surface area (Å²) in [7, 11) is 0. The van der Waals surface area contributed by atoms with E-state index in [0.717, 1.165) is 12.1 Å². The van der Waals surface area contributed by atoms with Crippen LogP contribution in [0.25, 0.3) is 11.4 Å². The van der Waals surface area contributed by atoms with Gasteiger partial charge < -0.3 is 10.3 Å². The second-order valence-electron chi connectivity index (χ2n) is 3.67. The summed E-state index contributed by atoms with van der Waals surface area (Å²) < 4.78 is 27.9. The molecule has 0 aliphatic heterocycles. The van der Waals surface area contributed by atoms with Crippen molar-refractivity contribution in [3.63, 3.8) is 0 Å². The van der Waals surface area contributed by atoms with Crippen LogP contribution in [0.1, 0.15) is 12.7 Å². The predicted molar refractivity (Wildman–Crippen MR) is 60.2 cm³/mol. The SMILES string of the molecule is CCn1c(C)nnc1-c1cc(F)c(F)cc1N. The van der Waals surface area contributed by atoms with E-state index in [1.165, 1.54) is 0 Å². The van der Waals surface area contributed by atoms with Crippen molar-refractivity contribution < 1.29 is 8.78 Å². The van der Waals surface area contributed by atoms with Crippen LogP contribution in [0, 0.1) is 18.6 Å². The third kappa shape index (κ3) is 1.86. The van der Waals surface area contributed by atoms with Crippen molar-refractivity contribution in [2.75, 3.05) is 5.73 Å². The molecule has 0 aliphatic rings. The van der Waals surface area contributed by atoms with Gasteiger partial charge in [-0.3, -0.25) is 0 Å². The number of aromatic nitrogens is 3. The first-order valence-corrected chi connectivity index (χ1v) is 5.19. The van der Waals surface area contributed by atoms with E-state index in [0.29, 0.717) is 23.8 Å². The maximum absolute atomic E-state index is 13.2. The van der Waals surface area contributed by atoms with Gasteiger partial charge in [-0.2, -0.15) is 0 Å². The molecule has 0 saturated heterocycles. The van der Waals surface area contributed by atoms with E-state index in [1.54, 1.807) is 11.5 Å². The van der Waals surface area contributed by atoms with Crippen molar-refractivity contribution in [2.24, 2.45) is 0 Å². The first-order chi connectivity index (χ1) is 8.04. The number of halogens is 2. The number of aryl methyl sites for hydroxylation is 1. The quantitative estimate of drug-likeness (QED) is 0.815. The molecule has 0 amide bonds. The Kier molecular flexibility index (Phi) is 2.79. The van der Waals surface area contributed by atoms with Crippen molar-refractivity contribution in [3.05, 3.63) is 29.6 Å². The van der Waals surface area contributed by atoms with E-state index in [4.69, 9.17) is 5.73 Å². The van der Waals surface area contributed by atoms with Gasteiger partial charge in [0.15, 0.2) is 17.5 Å². The zero-order valence-electron chi connectivity index (χ0n) is 9.54.